The van der Waals surface area contributed by atoms with Gasteiger partial charge in [0.15, 0.2) is 0 Å². The summed E-state index contributed by atoms with van der Waals surface area (Å²) in [5.41, 5.74) is -1.96. The Bertz CT molecular complexity index is 873. The van der Waals surface area contributed by atoms with Gasteiger partial charge in [-0.25, -0.2) is 0 Å². The molecule has 3 aliphatic heterocycles. The van der Waals surface area contributed by atoms with Crippen LogP contribution in [-0.4, -0.2) is 94.1 Å². The molecule has 3 heterocycles. The smallest absolute Gasteiger partial charge is 0.248 e. The Balaban J connectivity index is 2.12. The molecule has 8 nitrogen and oxygen atoms in total. The Hall–Kier alpha value is -2.19. The number of amides is 3. The van der Waals surface area contributed by atoms with Crippen LogP contribution in [0.15, 0.2) is 25.3 Å². The van der Waals surface area contributed by atoms with E-state index < -0.39 is 35.1 Å². The van der Waals surface area contributed by atoms with Gasteiger partial charge in [-0.1, -0.05) is 45.8 Å². The summed E-state index contributed by atoms with van der Waals surface area (Å²) in [5.74, 6) is -2.11. The summed E-state index contributed by atoms with van der Waals surface area (Å²) in [5, 5.41) is 10.2. The highest BCUT2D eigenvalue weighted by atomic mass is 16.5. The zero-order chi connectivity index (χ0) is 26.8. The fourth-order valence-electron chi connectivity index (χ4n) is 6.83. The highest BCUT2D eigenvalue weighted by Crippen LogP contribution is 2.65. The van der Waals surface area contributed by atoms with Gasteiger partial charge in [0.05, 0.1) is 30.1 Å². The first kappa shape index (κ1) is 28.4. The van der Waals surface area contributed by atoms with Gasteiger partial charge < -0.3 is 24.5 Å². The van der Waals surface area contributed by atoms with Crippen LogP contribution in [0.5, 0.6) is 0 Å². The van der Waals surface area contributed by atoms with E-state index in [2.05, 4.69) is 20.1 Å². The van der Waals surface area contributed by atoms with E-state index in [1.54, 1.807) is 33.9 Å². The predicted octanol–water partition coefficient (Wildman–Crippen LogP) is 2.62. The lowest BCUT2D eigenvalue weighted by atomic mass is 9.62. The average molecular weight is 504 g/mol. The summed E-state index contributed by atoms with van der Waals surface area (Å²) in [6.45, 7) is 16.6. The number of nitrogens with zero attached hydrogens (tertiary/aromatic N) is 3. The van der Waals surface area contributed by atoms with Crippen molar-refractivity contribution in [2.45, 2.75) is 83.1 Å². The van der Waals surface area contributed by atoms with E-state index in [0.29, 0.717) is 32.5 Å². The molecule has 202 valence electrons. The molecule has 0 aromatic carbocycles. The Morgan fingerprint density at radius 1 is 1.22 bits per heavy atom. The molecule has 7 atom stereocenters. The molecule has 3 aliphatic rings. The van der Waals surface area contributed by atoms with Crippen LogP contribution in [-0.2, 0) is 19.1 Å². The van der Waals surface area contributed by atoms with Gasteiger partial charge in [0.1, 0.15) is 11.6 Å². The van der Waals surface area contributed by atoms with Crippen molar-refractivity contribution in [2.75, 3.05) is 33.3 Å². The molecule has 1 spiro atoms. The van der Waals surface area contributed by atoms with E-state index in [9.17, 15) is 19.5 Å². The maximum Gasteiger partial charge on any atom is 0.248 e. The molecule has 2 bridgehead atoms. The average Bonchev–Trinajstić information content (AvgIpc) is 3.36. The van der Waals surface area contributed by atoms with E-state index in [1.807, 2.05) is 20.8 Å². The normalized spacial score (nSPS) is 33.4. The minimum absolute atomic E-state index is 0.0231. The van der Waals surface area contributed by atoms with Crippen LogP contribution >= 0.6 is 0 Å². The monoisotopic (exact) mass is 503 g/mol. The van der Waals surface area contributed by atoms with Crippen molar-refractivity contribution in [1.29, 1.82) is 0 Å². The van der Waals surface area contributed by atoms with Crippen molar-refractivity contribution in [1.82, 2.24) is 14.7 Å². The number of aliphatic hydroxyl groups excluding tert-OH is 1. The van der Waals surface area contributed by atoms with Crippen molar-refractivity contribution in [3.05, 3.63) is 25.3 Å². The van der Waals surface area contributed by atoms with Gasteiger partial charge in [0.25, 0.3) is 0 Å². The van der Waals surface area contributed by atoms with Gasteiger partial charge in [0, 0.05) is 26.7 Å². The molecule has 3 rings (SSSR count). The van der Waals surface area contributed by atoms with Gasteiger partial charge in [-0.15, -0.1) is 13.2 Å². The van der Waals surface area contributed by atoms with E-state index in [4.69, 9.17) is 4.74 Å². The largest absolute Gasteiger partial charge is 0.394 e. The van der Waals surface area contributed by atoms with Crippen molar-refractivity contribution in [3.63, 3.8) is 0 Å². The van der Waals surface area contributed by atoms with E-state index in [1.165, 1.54) is 0 Å². The van der Waals surface area contributed by atoms with Crippen molar-refractivity contribution < 1.29 is 24.2 Å². The Morgan fingerprint density at radius 2 is 1.89 bits per heavy atom. The van der Waals surface area contributed by atoms with Crippen LogP contribution in [0.4, 0.5) is 0 Å². The number of hydrogen-bond acceptors (Lipinski definition) is 5. The summed E-state index contributed by atoms with van der Waals surface area (Å²) in [7, 11) is 1.71. The van der Waals surface area contributed by atoms with Gasteiger partial charge in [0.2, 0.25) is 17.7 Å². The molecule has 0 aromatic heterocycles. The first-order chi connectivity index (χ1) is 17.1. The molecule has 0 aliphatic carbocycles. The van der Waals surface area contributed by atoms with Crippen molar-refractivity contribution >= 4 is 17.7 Å². The van der Waals surface area contributed by atoms with E-state index >= 15 is 0 Å². The predicted molar refractivity (Wildman–Crippen MR) is 139 cm³/mol. The fraction of sp³-hybridized carbons (Fsp3) is 0.750. The van der Waals surface area contributed by atoms with E-state index in [-0.39, 0.29) is 30.2 Å². The molecule has 3 fully saturated rings. The Kier molecular flexibility index (Phi) is 8.71. The zero-order valence-electron chi connectivity index (χ0n) is 22.7. The van der Waals surface area contributed by atoms with Crippen LogP contribution in [0, 0.1) is 17.8 Å². The standard InChI is InChI=1S/C28H45N3O5/c1-8-12-13-16-30(15-10-3)26(35)23-28-17-19(5)27(6,36-28)21(24(33)29(7)14-9-2)22(28)25(34)31(23)20(11-4)18-32/h9-10,19-23,32H,2-3,8,11-18H2,1,4-7H3/t19?,20-,21-,22-,23?,27+,28?/m0/s1. The summed E-state index contributed by atoms with van der Waals surface area (Å²) >= 11 is 0. The van der Waals surface area contributed by atoms with Crippen LogP contribution in [0.25, 0.3) is 0 Å². The minimum atomic E-state index is -1.11. The van der Waals surface area contributed by atoms with Crippen LogP contribution in [0.2, 0.25) is 0 Å². The molecular formula is C28H45N3O5. The molecule has 1 N–H and O–H groups in total. The Morgan fingerprint density at radius 3 is 2.44 bits per heavy atom. The number of likely N-dealkylation sites (tertiary alicyclic amines) is 1. The fourth-order valence-corrected chi connectivity index (χ4v) is 6.83. The van der Waals surface area contributed by atoms with Gasteiger partial charge in [-0.05, 0) is 32.1 Å². The molecule has 36 heavy (non-hydrogen) atoms. The second-order valence-electron chi connectivity index (χ2n) is 11.0. The number of likely N-dealkylation sites (N-methyl/N-ethyl adjacent to an activating group) is 1. The maximum atomic E-state index is 14.3. The number of unbranched alkanes of at least 4 members (excludes halogenated alkanes) is 2. The molecule has 8 heteroatoms. The minimum Gasteiger partial charge on any atom is -0.394 e. The van der Waals surface area contributed by atoms with Crippen LogP contribution < -0.4 is 0 Å². The van der Waals surface area contributed by atoms with Crippen LogP contribution in [0.1, 0.15) is 59.8 Å². The SMILES string of the molecule is C=CCN(C)C(=O)[C@@H]1[C@H]2C(=O)N([C@@H](CC)CO)C(C(=O)N(CC=C)CCCCC)C23CC(C)[C@@]1(C)O3. The summed E-state index contributed by atoms with van der Waals surface area (Å²) in [4.78, 5) is 47.1. The Labute approximate surface area is 216 Å². The summed E-state index contributed by atoms with van der Waals surface area (Å²) in [6, 6.07) is -1.42. The highest BCUT2D eigenvalue weighted by Gasteiger charge is 2.80. The second-order valence-corrected chi connectivity index (χ2v) is 11.0. The third-order valence-electron chi connectivity index (χ3n) is 8.80. The summed E-state index contributed by atoms with van der Waals surface area (Å²) < 4.78 is 6.78. The van der Waals surface area contributed by atoms with Crippen molar-refractivity contribution in [3.8, 4) is 0 Å². The van der Waals surface area contributed by atoms with Gasteiger partial charge >= 0.3 is 0 Å². The molecule has 3 amide bonds. The molecule has 0 aromatic rings. The lowest BCUT2D eigenvalue weighted by Gasteiger charge is -2.39. The number of hydrogen-bond donors (Lipinski definition) is 1. The molecule has 0 saturated carbocycles. The number of fused-ring (bicyclic) bond motifs is 1. The third-order valence-corrected chi connectivity index (χ3v) is 8.80. The molecule has 3 saturated heterocycles. The number of ether oxygens (including phenoxy) is 1. The van der Waals surface area contributed by atoms with E-state index in [0.717, 1.165) is 19.3 Å². The van der Waals surface area contributed by atoms with Crippen LogP contribution in [0.3, 0.4) is 0 Å². The maximum absolute atomic E-state index is 14.3. The molecule has 3 unspecified atom stereocenters. The first-order valence-electron chi connectivity index (χ1n) is 13.5. The highest BCUT2D eigenvalue weighted by molar-refractivity contribution is 5.99. The van der Waals surface area contributed by atoms with Crippen molar-refractivity contribution in [2.24, 2.45) is 17.8 Å². The first-order valence-corrected chi connectivity index (χ1v) is 13.5. The van der Waals surface area contributed by atoms with Gasteiger partial charge in [-0.2, -0.15) is 0 Å². The topological polar surface area (TPSA) is 90.4 Å². The quantitative estimate of drug-likeness (QED) is 0.308. The zero-order valence-corrected chi connectivity index (χ0v) is 22.7. The molecular weight excluding hydrogens is 458 g/mol. The lowest BCUT2D eigenvalue weighted by Crippen LogP contribution is -2.59. The number of carbonyl (C=O) groups excluding carboxylic acids is 3. The number of aliphatic hydroxyl groups is 1. The number of carbonyl (C=O) groups is 3. The summed E-state index contributed by atoms with van der Waals surface area (Å²) in [6.07, 6.45) is 7.25. The van der Waals surface area contributed by atoms with Gasteiger partial charge in [-0.3, -0.25) is 14.4 Å². The molecule has 0 radical (unpaired) electrons. The second kappa shape index (κ2) is 11.1. The third kappa shape index (κ3) is 4.30. The lowest BCUT2D eigenvalue weighted by molar-refractivity contribution is -0.157. The number of rotatable bonds is 13.